The van der Waals surface area contributed by atoms with Crippen molar-refractivity contribution >= 4 is 39.7 Å². The van der Waals surface area contributed by atoms with Crippen LogP contribution in [0.15, 0.2) is 71.2 Å². The van der Waals surface area contributed by atoms with Crippen molar-refractivity contribution in [2.45, 2.75) is 13.5 Å². The number of carbonyl (C=O) groups is 1. The highest BCUT2D eigenvalue weighted by atomic mass is 79.9. The number of nitrogens with zero attached hydrogens (tertiary/aromatic N) is 2. The first-order valence-electron chi connectivity index (χ1n) is 10.8. The predicted molar refractivity (Wildman–Crippen MR) is 142 cm³/mol. The van der Waals surface area contributed by atoms with Crippen LogP contribution >= 0.6 is 28.1 Å². The number of amides is 1. The van der Waals surface area contributed by atoms with E-state index in [1.165, 1.54) is 0 Å². The Morgan fingerprint density at radius 2 is 1.86 bits per heavy atom. The molecular formula is C25H24BrN5O3S. The average Bonchev–Trinajstić information content (AvgIpc) is 3.24. The van der Waals surface area contributed by atoms with Gasteiger partial charge in [-0.2, -0.15) is 5.10 Å². The molecule has 0 unspecified atom stereocenters. The fraction of sp³-hybridized carbons (Fsp3) is 0.160. The van der Waals surface area contributed by atoms with Gasteiger partial charge in [0.2, 0.25) is 4.77 Å². The number of hydrogen-bond acceptors (Lipinski definition) is 6. The number of methoxy groups -OCH3 is 1. The maximum atomic E-state index is 12.5. The van der Waals surface area contributed by atoms with Crippen LogP contribution in [0.4, 0.5) is 5.69 Å². The third-order valence-corrected chi connectivity index (χ3v) is 6.21. The van der Waals surface area contributed by atoms with Crippen molar-refractivity contribution in [3.63, 3.8) is 0 Å². The summed E-state index contributed by atoms with van der Waals surface area (Å²) in [5, 5.41) is 10.0. The topological polar surface area (TPSA) is 93.2 Å². The van der Waals surface area contributed by atoms with Gasteiger partial charge >= 0.3 is 0 Å². The molecule has 1 amide bonds. The van der Waals surface area contributed by atoms with Crippen LogP contribution in [0.2, 0.25) is 0 Å². The first kappa shape index (κ1) is 24.5. The largest absolute Gasteiger partial charge is 0.493 e. The van der Waals surface area contributed by atoms with Crippen LogP contribution in [0.3, 0.4) is 0 Å². The van der Waals surface area contributed by atoms with E-state index in [1.54, 1.807) is 17.9 Å². The van der Waals surface area contributed by atoms with E-state index in [2.05, 4.69) is 36.9 Å². The molecule has 0 atom stereocenters. The monoisotopic (exact) mass is 553 g/mol. The summed E-state index contributed by atoms with van der Waals surface area (Å²) in [6.07, 6.45) is 0. The molecule has 1 heterocycles. The number of halogens is 1. The van der Waals surface area contributed by atoms with Gasteiger partial charge in [-0.3, -0.25) is 4.79 Å². The smallest absolute Gasteiger partial charge is 0.262 e. The third kappa shape index (κ3) is 5.90. The molecule has 8 nitrogen and oxygen atoms in total. The van der Waals surface area contributed by atoms with Gasteiger partial charge in [0.15, 0.2) is 23.9 Å². The third-order valence-electron chi connectivity index (χ3n) is 5.19. The number of aromatic nitrogens is 3. The molecule has 0 bridgehead atoms. The zero-order valence-corrected chi connectivity index (χ0v) is 21.6. The van der Waals surface area contributed by atoms with Gasteiger partial charge in [0.05, 0.1) is 13.7 Å². The van der Waals surface area contributed by atoms with Gasteiger partial charge in [-0.05, 0) is 43.4 Å². The van der Waals surface area contributed by atoms with E-state index in [-0.39, 0.29) is 12.5 Å². The molecule has 0 saturated carbocycles. The quantitative estimate of drug-likeness (QED) is 0.239. The SMILES string of the molecule is COc1ccc(Br)c(CNn2c(-c3ccccc3)n[nH]c2=S)c1OCC(=O)Nc1ccc(C)cc1. The molecule has 4 aromatic rings. The van der Waals surface area contributed by atoms with E-state index in [1.807, 2.05) is 67.6 Å². The summed E-state index contributed by atoms with van der Waals surface area (Å²) < 4.78 is 14.4. The normalized spacial score (nSPS) is 10.6. The van der Waals surface area contributed by atoms with Crippen LogP contribution in [0.25, 0.3) is 11.4 Å². The summed E-state index contributed by atoms with van der Waals surface area (Å²) in [5.74, 6) is 1.32. The summed E-state index contributed by atoms with van der Waals surface area (Å²) in [5.41, 5.74) is 6.78. The van der Waals surface area contributed by atoms with E-state index in [9.17, 15) is 4.79 Å². The second kappa shape index (κ2) is 11.2. The van der Waals surface area contributed by atoms with Gasteiger partial charge in [-0.25, -0.2) is 9.77 Å². The van der Waals surface area contributed by atoms with Crippen LogP contribution in [0, 0.1) is 11.7 Å². The molecular weight excluding hydrogens is 530 g/mol. The molecule has 180 valence electrons. The molecule has 0 radical (unpaired) electrons. The summed E-state index contributed by atoms with van der Waals surface area (Å²) in [6, 6.07) is 20.9. The number of aromatic amines is 1. The Morgan fingerprint density at radius 3 is 2.57 bits per heavy atom. The molecule has 0 aliphatic rings. The highest BCUT2D eigenvalue weighted by molar-refractivity contribution is 9.10. The number of H-pyrrole nitrogens is 1. The fourth-order valence-corrected chi connectivity index (χ4v) is 4.07. The highest BCUT2D eigenvalue weighted by Gasteiger charge is 2.17. The van der Waals surface area contributed by atoms with Gasteiger partial charge in [0.25, 0.3) is 5.91 Å². The zero-order chi connectivity index (χ0) is 24.8. The van der Waals surface area contributed by atoms with Gasteiger partial charge < -0.3 is 20.2 Å². The lowest BCUT2D eigenvalue weighted by molar-refractivity contribution is -0.118. The molecule has 0 saturated heterocycles. The summed E-state index contributed by atoms with van der Waals surface area (Å²) in [7, 11) is 1.55. The molecule has 4 rings (SSSR count). The minimum atomic E-state index is -0.279. The number of hydrogen-bond donors (Lipinski definition) is 3. The van der Waals surface area contributed by atoms with Crippen molar-refractivity contribution in [3.05, 3.63) is 87.1 Å². The molecule has 0 aliphatic carbocycles. The van der Waals surface area contributed by atoms with Crippen LogP contribution in [0.5, 0.6) is 11.5 Å². The highest BCUT2D eigenvalue weighted by Crippen LogP contribution is 2.36. The second-order valence-corrected chi connectivity index (χ2v) is 8.89. The Kier molecular flexibility index (Phi) is 7.84. The Bertz CT molecular complexity index is 1370. The van der Waals surface area contributed by atoms with Gasteiger partial charge in [0, 0.05) is 21.3 Å². The van der Waals surface area contributed by atoms with Crippen molar-refractivity contribution in [3.8, 4) is 22.9 Å². The second-order valence-electron chi connectivity index (χ2n) is 7.65. The Labute approximate surface area is 216 Å². The number of ether oxygens (including phenoxy) is 2. The number of carbonyl (C=O) groups excluding carboxylic acids is 1. The van der Waals surface area contributed by atoms with Crippen LogP contribution in [0.1, 0.15) is 11.1 Å². The molecule has 35 heavy (non-hydrogen) atoms. The standard InChI is InChI=1S/C25H24BrN5O3S/c1-16-8-10-18(11-9-16)28-22(32)15-34-23-19(20(26)12-13-21(23)33-2)14-27-31-24(29-30-25(31)35)17-6-4-3-5-7-17/h3-13,27H,14-15H2,1-2H3,(H,28,32)(H,30,35). The van der Waals surface area contributed by atoms with Crippen molar-refractivity contribution in [2.24, 2.45) is 0 Å². The van der Waals surface area contributed by atoms with Crippen LogP contribution in [-0.4, -0.2) is 34.5 Å². The fourth-order valence-electron chi connectivity index (χ4n) is 3.42. The molecule has 3 N–H and O–H groups in total. The average molecular weight is 554 g/mol. The number of aryl methyl sites for hydroxylation is 1. The minimum absolute atomic E-state index is 0.186. The van der Waals surface area contributed by atoms with Crippen molar-refractivity contribution in [1.29, 1.82) is 0 Å². The van der Waals surface area contributed by atoms with Crippen molar-refractivity contribution in [2.75, 3.05) is 24.5 Å². The van der Waals surface area contributed by atoms with Crippen LogP contribution < -0.4 is 20.2 Å². The summed E-state index contributed by atoms with van der Waals surface area (Å²) in [4.78, 5) is 12.5. The summed E-state index contributed by atoms with van der Waals surface area (Å²) in [6.45, 7) is 2.12. The van der Waals surface area contributed by atoms with E-state index >= 15 is 0 Å². The number of benzene rings is 3. The molecule has 0 fully saturated rings. The Morgan fingerprint density at radius 1 is 1.11 bits per heavy atom. The number of nitrogens with one attached hydrogen (secondary N) is 3. The first-order valence-corrected chi connectivity index (χ1v) is 12.0. The van der Waals surface area contributed by atoms with E-state index in [0.717, 1.165) is 21.2 Å². The molecule has 0 spiro atoms. The van der Waals surface area contributed by atoms with E-state index < -0.39 is 0 Å². The van der Waals surface area contributed by atoms with Crippen molar-refractivity contribution < 1.29 is 14.3 Å². The van der Waals surface area contributed by atoms with Gasteiger partial charge in [-0.15, -0.1) is 0 Å². The van der Waals surface area contributed by atoms with Gasteiger partial charge in [0.1, 0.15) is 0 Å². The Hall–Kier alpha value is -3.63. The number of rotatable bonds is 9. The number of anilines is 1. The predicted octanol–water partition coefficient (Wildman–Crippen LogP) is 5.45. The maximum absolute atomic E-state index is 12.5. The lowest BCUT2D eigenvalue weighted by Gasteiger charge is -2.18. The molecule has 0 aliphatic heterocycles. The molecule has 1 aromatic heterocycles. The maximum Gasteiger partial charge on any atom is 0.262 e. The molecule has 3 aromatic carbocycles. The first-order chi connectivity index (χ1) is 17.0. The van der Waals surface area contributed by atoms with Crippen molar-refractivity contribution in [1.82, 2.24) is 14.9 Å². The van der Waals surface area contributed by atoms with Crippen LogP contribution in [-0.2, 0) is 11.3 Å². The zero-order valence-electron chi connectivity index (χ0n) is 19.2. The lowest BCUT2D eigenvalue weighted by Crippen LogP contribution is -2.22. The van der Waals surface area contributed by atoms with Gasteiger partial charge in [-0.1, -0.05) is 64.0 Å². The molecule has 10 heteroatoms. The summed E-state index contributed by atoms with van der Waals surface area (Å²) >= 11 is 9.01. The Balaban J connectivity index is 1.53. The minimum Gasteiger partial charge on any atom is -0.493 e. The van der Waals surface area contributed by atoms with E-state index in [0.29, 0.717) is 34.3 Å². The lowest BCUT2D eigenvalue weighted by atomic mass is 10.2. The van der Waals surface area contributed by atoms with E-state index in [4.69, 9.17) is 21.7 Å².